The minimum atomic E-state index is -0.716. The Morgan fingerprint density at radius 3 is 2.25 bits per heavy atom. The fraction of sp³-hybridized carbons (Fsp3) is 0.219. The van der Waals surface area contributed by atoms with Crippen LogP contribution in [0.2, 0.25) is 0 Å². The smallest absolute Gasteiger partial charge is 0.252 e. The standard InChI is InChI=1S/C32H34N2O6/c33-32(37)28-18-27(14-15-29(28)36)38-17-16-24-10-4-5-11-25(24)19-34-20-26(35)22-40-31-13-7-6-12-30(31)39-21-23-8-2-1-3-9-23/h1-15,18,26,34-36H,16-17,19-22H2,(H2,33,37). The van der Waals surface area contributed by atoms with E-state index in [1.807, 2.05) is 78.9 Å². The van der Waals surface area contributed by atoms with Crippen LogP contribution in [-0.4, -0.2) is 42.0 Å². The Hall–Kier alpha value is -4.53. The molecule has 0 aliphatic heterocycles. The van der Waals surface area contributed by atoms with Gasteiger partial charge in [0.2, 0.25) is 0 Å². The van der Waals surface area contributed by atoms with E-state index in [2.05, 4.69) is 5.32 Å². The van der Waals surface area contributed by atoms with Gasteiger partial charge in [-0.3, -0.25) is 4.79 Å². The molecule has 1 amide bonds. The number of phenols is 1. The van der Waals surface area contributed by atoms with Crippen LogP contribution in [0.15, 0.2) is 97.1 Å². The number of ether oxygens (including phenoxy) is 3. The maximum absolute atomic E-state index is 11.4. The molecule has 0 bridgehead atoms. The number of rotatable bonds is 15. The van der Waals surface area contributed by atoms with Gasteiger partial charge in [-0.25, -0.2) is 0 Å². The Labute approximate surface area is 234 Å². The maximum atomic E-state index is 11.4. The van der Waals surface area contributed by atoms with E-state index in [9.17, 15) is 15.0 Å². The molecule has 8 heteroatoms. The third-order valence-corrected chi connectivity index (χ3v) is 6.20. The molecule has 5 N–H and O–H groups in total. The predicted molar refractivity (Wildman–Crippen MR) is 153 cm³/mol. The van der Waals surface area contributed by atoms with Crippen molar-refractivity contribution in [2.45, 2.75) is 25.7 Å². The Morgan fingerprint density at radius 2 is 1.50 bits per heavy atom. The number of nitrogens with one attached hydrogen (secondary N) is 1. The number of hydrogen-bond acceptors (Lipinski definition) is 7. The zero-order chi connectivity index (χ0) is 28.2. The van der Waals surface area contributed by atoms with Gasteiger partial charge in [-0.05, 0) is 47.0 Å². The van der Waals surface area contributed by atoms with Gasteiger partial charge in [-0.1, -0.05) is 66.7 Å². The monoisotopic (exact) mass is 542 g/mol. The molecule has 0 fully saturated rings. The number of nitrogens with two attached hydrogens (primary N) is 1. The van der Waals surface area contributed by atoms with Crippen LogP contribution in [0, 0.1) is 0 Å². The highest BCUT2D eigenvalue weighted by molar-refractivity contribution is 5.95. The summed E-state index contributed by atoms with van der Waals surface area (Å²) in [6.45, 7) is 1.84. The van der Waals surface area contributed by atoms with Crippen LogP contribution in [0.5, 0.6) is 23.0 Å². The first-order valence-corrected chi connectivity index (χ1v) is 13.1. The predicted octanol–water partition coefficient (Wildman–Crippen LogP) is 4.22. The van der Waals surface area contributed by atoms with Crippen molar-refractivity contribution in [3.63, 3.8) is 0 Å². The average molecular weight is 543 g/mol. The normalized spacial score (nSPS) is 11.5. The van der Waals surface area contributed by atoms with E-state index in [0.717, 1.165) is 16.7 Å². The van der Waals surface area contributed by atoms with Gasteiger partial charge in [-0.2, -0.15) is 0 Å². The second kappa shape index (κ2) is 14.6. The lowest BCUT2D eigenvalue weighted by Gasteiger charge is -2.17. The summed E-state index contributed by atoms with van der Waals surface area (Å²) in [7, 11) is 0. The zero-order valence-corrected chi connectivity index (χ0v) is 22.2. The molecule has 0 aromatic heterocycles. The number of primary amides is 1. The molecule has 4 aromatic rings. The van der Waals surface area contributed by atoms with E-state index < -0.39 is 12.0 Å². The van der Waals surface area contributed by atoms with Crippen LogP contribution in [0.3, 0.4) is 0 Å². The number of benzene rings is 4. The Balaban J connectivity index is 1.22. The fourth-order valence-electron chi connectivity index (χ4n) is 4.10. The van der Waals surface area contributed by atoms with Gasteiger partial charge in [0, 0.05) is 19.5 Å². The van der Waals surface area contributed by atoms with Gasteiger partial charge >= 0.3 is 0 Å². The first-order valence-electron chi connectivity index (χ1n) is 13.1. The van der Waals surface area contributed by atoms with E-state index in [4.69, 9.17) is 19.9 Å². The Kier molecular flexibility index (Phi) is 10.4. The van der Waals surface area contributed by atoms with Crippen molar-refractivity contribution in [1.29, 1.82) is 0 Å². The molecule has 8 nitrogen and oxygen atoms in total. The highest BCUT2D eigenvalue weighted by atomic mass is 16.5. The van der Waals surface area contributed by atoms with Gasteiger partial charge in [-0.15, -0.1) is 0 Å². The average Bonchev–Trinajstić information content (AvgIpc) is 2.97. The molecule has 0 saturated carbocycles. The van der Waals surface area contributed by atoms with Gasteiger partial charge in [0.1, 0.15) is 30.8 Å². The molecule has 0 aliphatic carbocycles. The summed E-state index contributed by atoms with van der Waals surface area (Å²) in [5, 5.41) is 23.5. The van der Waals surface area contributed by atoms with Crippen molar-refractivity contribution in [3.8, 4) is 23.0 Å². The van der Waals surface area contributed by atoms with Crippen LogP contribution >= 0.6 is 0 Å². The molecule has 208 valence electrons. The summed E-state index contributed by atoms with van der Waals surface area (Å²) in [5.74, 6) is 0.773. The number of aliphatic hydroxyl groups is 1. The lowest BCUT2D eigenvalue weighted by atomic mass is 10.0. The molecule has 0 radical (unpaired) electrons. The molecule has 0 saturated heterocycles. The molecule has 4 rings (SSSR count). The lowest BCUT2D eigenvalue weighted by Crippen LogP contribution is -2.31. The summed E-state index contributed by atoms with van der Waals surface area (Å²) < 4.78 is 17.6. The van der Waals surface area contributed by atoms with Crippen molar-refractivity contribution in [3.05, 3.63) is 119 Å². The number of carbonyl (C=O) groups excluding carboxylic acids is 1. The number of amides is 1. The van der Waals surface area contributed by atoms with E-state index in [0.29, 0.717) is 50.0 Å². The Bertz CT molecular complexity index is 1380. The molecule has 40 heavy (non-hydrogen) atoms. The van der Waals surface area contributed by atoms with Crippen LogP contribution < -0.4 is 25.3 Å². The van der Waals surface area contributed by atoms with Gasteiger partial charge in [0.05, 0.1) is 12.2 Å². The maximum Gasteiger partial charge on any atom is 0.252 e. The van der Waals surface area contributed by atoms with E-state index >= 15 is 0 Å². The minimum Gasteiger partial charge on any atom is -0.507 e. The zero-order valence-electron chi connectivity index (χ0n) is 22.2. The first kappa shape index (κ1) is 28.5. The number of aliphatic hydroxyl groups excluding tert-OH is 1. The van der Waals surface area contributed by atoms with E-state index in [-0.39, 0.29) is 17.9 Å². The van der Waals surface area contributed by atoms with Crippen molar-refractivity contribution >= 4 is 5.91 Å². The quantitative estimate of drug-likeness (QED) is 0.177. The van der Waals surface area contributed by atoms with E-state index in [1.54, 1.807) is 6.07 Å². The molecule has 0 spiro atoms. The lowest BCUT2D eigenvalue weighted by molar-refractivity contribution is 0.0997. The second-order valence-corrected chi connectivity index (χ2v) is 9.23. The van der Waals surface area contributed by atoms with Crippen LogP contribution in [0.25, 0.3) is 0 Å². The third kappa shape index (κ3) is 8.49. The van der Waals surface area contributed by atoms with E-state index in [1.165, 1.54) is 12.1 Å². The number of aromatic hydroxyl groups is 1. The molecule has 0 heterocycles. The molecule has 0 aliphatic rings. The van der Waals surface area contributed by atoms with Gasteiger partial charge in [0.25, 0.3) is 5.91 Å². The number of para-hydroxylation sites is 2. The summed E-state index contributed by atoms with van der Waals surface area (Å²) >= 11 is 0. The number of carbonyl (C=O) groups is 1. The minimum absolute atomic E-state index is 0.0211. The third-order valence-electron chi connectivity index (χ3n) is 6.20. The van der Waals surface area contributed by atoms with Gasteiger partial charge < -0.3 is 35.5 Å². The SMILES string of the molecule is NC(=O)c1cc(OCCc2ccccc2CNCC(O)COc2ccccc2OCc2ccccc2)ccc1O. The van der Waals surface area contributed by atoms with Crippen molar-refractivity contribution in [2.24, 2.45) is 5.73 Å². The highest BCUT2D eigenvalue weighted by Gasteiger charge is 2.11. The molecular weight excluding hydrogens is 508 g/mol. The number of hydrogen-bond donors (Lipinski definition) is 4. The van der Waals surface area contributed by atoms with Crippen LogP contribution in [-0.2, 0) is 19.6 Å². The fourth-order valence-corrected chi connectivity index (χ4v) is 4.10. The van der Waals surface area contributed by atoms with Crippen molar-refractivity contribution < 1.29 is 29.2 Å². The molecule has 1 unspecified atom stereocenters. The topological polar surface area (TPSA) is 123 Å². The summed E-state index contributed by atoms with van der Waals surface area (Å²) in [4.78, 5) is 11.4. The molecule has 1 atom stereocenters. The molecular formula is C32H34N2O6. The summed E-state index contributed by atoms with van der Waals surface area (Å²) in [5.41, 5.74) is 8.55. The van der Waals surface area contributed by atoms with Gasteiger partial charge in [0.15, 0.2) is 11.5 Å². The molecule has 4 aromatic carbocycles. The van der Waals surface area contributed by atoms with Crippen LogP contribution in [0.4, 0.5) is 0 Å². The second-order valence-electron chi connectivity index (χ2n) is 9.23. The summed E-state index contributed by atoms with van der Waals surface area (Å²) in [6, 6.07) is 29.7. The first-order chi connectivity index (χ1) is 19.5. The van der Waals surface area contributed by atoms with Crippen molar-refractivity contribution in [1.82, 2.24) is 5.32 Å². The Morgan fingerprint density at radius 1 is 0.825 bits per heavy atom. The van der Waals surface area contributed by atoms with Crippen LogP contribution in [0.1, 0.15) is 27.0 Å². The largest absolute Gasteiger partial charge is 0.507 e. The summed E-state index contributed by atoms with van der Waals surface area (Å²) in [6.07, 6.45) is -0.0811. The van der Waals surface area contributed by atoms with Crippen molar-refractivity contribution in [2.75, 3.05) is 19.8 Å². The highest BCUT2D eigenvalue weighted by Crippen LogP contribution is 2.27.